The Kier molecular flexibility index (Phi) is 5.16. The minimum atomic E-state index is 0.0304. The Balaban J connectivity index is 1.50. The van der Waals surface area contributed by atoms with Crippen LogP contribution in [-0.2, 0) is 17.8 Å². The molecule has 3 aromatic rings. The molecule has 1 N–H and O–H groups in total. The van der Waals surface area contributed by atoms with Crippen LogP contribution in [0.5, 0.6) is 0 Å². The zero-order valence-electron chi connectivity index (χ0n) is 12.4. The molecule has 0 aliphatic rings. The Morgan fingerprint density at radius 3 is 2.70 bits per heavy atom. The fourth-order valence-electron chi connectivity index (χ4n) is 2.21. The lowest BCUT2D eigenvalue weighted by molar-refractivity contribution is -0.121. The van der Waals surface area contributed by atoms with Crippen molar-refractivity contribution >= 4 is 28.8 Å². The van der Waals surface area contributed by atoms with Crippen molar-refractivity contribution in [2.24, 2.45) is 0 Å². The van der Waals surface area contributed by atoms with E-state index in [2.05, 4.69) is 5.32 Å². The van der Waals surface area contributed by atoms with Crippen LogP contribution in [0.3, 0.4) is 0 Å². The molecule has 5 heteroatoms. The van der Waals surface area contributed by atoms with E-state index in [4.69, 9.17) is 16.0 Å². The van der Waals surface area contributed by atoms with Gasteiger partial charge in [-0.15, -0.1) is 11.3 Å². The van der Waals surface area contributed by atoms with E-state index in [0.29, 0.717) is 18.0 Å². The quantitative estimate of drug-likeness (QED) is 0.689. The number of hydrogen-bond donors (Lipinski definition) is 1. The van der Waals surface area contributed by atoms with Crippen molar-refractivity contribution in [3.63, 3.8) is 0 Å². The molecule has 3 nitrogen and oxygen atoms in total. The lowest BCUT2D eigenvalue weighted by atomic mass is 10.2. The molecule has 118 valence electrons. The van der Waals surface area contributed by atoms with E-state index in [1.54, 1.807) is 11.3 Å². The fraction of sp³-hybridized carbons (Fsp3) is 0.167. The largest absolute Gasteiger partial charge is 0.459 e. The number of carbonyl (C=O) groups is 1. The standard InChI is InChI=1S/C18H16ClNO2S/c19-14-5-3-13(4-6-14)17-9-7-15(22-17)12-20-18(21)10-8-16-2-1-11-23-16/h1-7,9,11H,8,10,12H2,(H,20,21). The second-order valence-electron chi connectivity index (χ2n) is 5.13. The van der Waals surface area contributed by atoms with Crippen LogP contribution in [-0.4, -0.2) is 5.91 Å². The van der Waals surface area contributed by atoms with Gasteiger partial charge in [0, 0.05) is 21.9 Å². The van der Waals surface area contributed by atoms with E-state index >= 15 is 0 Å². The maximum atomic E-state index is 11.9. The topological polar surface area (TPSA) is 42.2 Å². The molecule has 1 aromatic carbocycles. The van der Waals surface area contributed by atoms with Crippen LogP contribution >= 0.6 is 22.9 Å². The van der Waals surface area contributed by atoms with Crippen molar-refractivity contribution in [3.8, 4) is 11.3 Å². The molecule has 0 aliphatic heterocycles. The van der Waals surface area contributed by atoms with Gasteiger partial charge >= 0.3 is 0 Å². The van der Waals surface area contributed by atoms with E-state index in [-0.39, 0.29) is 5.91 Å². The van der Waals surface area contributed by atoms with Gasteiger partial charge in [-0.2, -0.15) is 0 Å². The number of rotatable bonds is 6. The monoisotopic (exact) mass is 345 g/mol. The molecule has 2 aromatic heterocycles. The summed E-state index contributed by atoms with van der Waals surface area (Å²) in [5.74, 6) is 1.53. The summed E-state index contributed by atoms with van der Waals surface area (Å²) in [4.78, 5) is 13.1. The number of halogens is 1. The molecule has 2 heterocycles. The van der Waals surface area contributed by atoms with E-state index in [1.807, 2.05) is 53.9 Å². The molecule has 0 saturated heterocycles. The van der Waals surface area contributed by atoms with Gasteiger partial charge in [-0.25, -0.2) is 0 Å². The molecule has 0 bridgehead atoms. The van der Waals surface area contributed by atoms with Gasteiger partial charge < -0.3 is 9.73 Å². The first-order valence-electron chi connectivity index (χ1n) is 7.34. The molecule has 3 rings (SSSR count). The summed E-state index contributed by atoms with van der Waals surface area (Å²) in [6, 6.07) is 15.3. The van der Waals surface area contributed by atoms with Crippen LogP contribution in [0.4, 0.5) is 0 Å². The third-order valence-electron chi connectivity index (χ3n) is 3.43. The Morgan fingerprint density at radius 2 is 1.96 bits per heavy atom. The van der Waals surface area contributed by atoms with Gasteiger partial charge in [-0.3, -0.25) is 4.79 Å². The lowest BCUT2D eigenvalue weighted by Gasteiger charge is -2.03. The average Bonchev–Trinajstić information content (AvgIpc) is 3.23. The normalized spacial score (nSPS) is 10.7. The minimum Gasteiger partial charge on any atom is -0.459 e. The smallest absolute Gasteiger partial charge is 0.220 e. The maximum Gasteiger partial charge on any atom is 0.220 e. The first kappa shape index (κ1) is 15.8. The average molecular weight is 346 g/mol. The first-order chi connectivity index (χ1) is 11.2. The summed E-state index contributed by atoms with van der Waals surface area (Å²) in [7, 11) is 0. The highest BCUT2D eigenvalue weighted by Crippen LogP contribution is 2.23. The van der Waals surface area contributed by atoms with Crippen molar-refractivity contribution in [3.05, 3.63) is 69.6 Å². The molecule has 23 heavy (non-hydrogen) atoms. The first-order valence-corrected chi connectivity index (χ1v) is 8.60. The molecule has 0 spiro atoms. The Hall–Kier alpha value is -2.04. The molecular weight excluding hydrogens is 330 g/mol. The SMILES string of the molecule is O=C(CCc1cccs1)NCc1ccc(-c2ccc(Cl)cc2)o1. The molecular formula is C18H16ClNO2S. The number of hydrogen-bond acceptors (Lipinski definition) is 3. The number of carbonyl (C=O) groups excluding carboxylic acids is 1. The predicted molar refractivity (Wildman–Crippen MR) is 93.6 cm³/mol. The summed E-state index contributed by atoms with van der Waals surface area (Å²) in [6.07, 6.45) is 1.27. The number of furan rings is 1. The molecule has 0 fully saturated rings. The molecule has 0 atom stereocenters. The summed E-state index contributed by atoms with van der Waals surface area (Å²) in [6.45, 7) is 0.400. The zero-order valence-corrected chi connectivity index (χ0v) is 14.0. The van der Waals surface area contributed by atoms with Crippen LogP contribution in [0.2, 0.25) is 5.02 Å². The number of thiophene rings is 1. The van der Waals surface area contributed by atoms with Gasteiger partial charge in [-0.05, 0) is 54.3 Å². The van der Waals surface area contributed by atoms with Gasteiger partial charge in [-0.1, -0.05) is 17.7 Å². The highest BCUT2D eigenvalue weighted by Gasteiger charge is 2.07. The Labute approximate surface area is 143 Å². The van der Waals surface area contributed by atoms with Crippen LogP contribution in [0, 0.1) is 0 Å². The third-order valence-corrected chi connectivity index (χ3v) is 4.62. The van der Waals surface area contributed by atoms with E-state index in [0.717, 1.165) is 23.5 Å². The molecule has 0 radical (unpaired) electrons. The van der Waals surface area contributed by atoms with E-state index in [1.165, 1.54) is 4.88 Å². The van der Waals surface area contributed by atoms with Crippen molar-refractivity contribution in [2.45, 2.75) is 19.4 Å². The summed E-state index contributed by atoms with van der Waals surface area (Å²) >= 11 is 7.55. The molecule has 1 amide bonds. The highest BCUT2D eigenvalue weighted by molar-refractivity contribution is 7.09. The summed E-state index contributed by atoms with van der Waals surface area (Å²) < 4.78 is 5.75. The van der Waals surface area contributed by atoms with Crippen molar-refractivity contribution < 1.29 is 9.21 Å². The van der Waals surface area contributed by atoms with Crippen LogP contribution in [0.1, 0.15) is 17.1 Å². The van der Waals surface area contributed by atoms with Crippen molar-refractivity contribution in [1.29, 1.82) is 0 Å². The van der Waals surface area contributed by atoms with Gasteiger partial charge in [0.1, 0.15) is 11.5 Å². The third kappa shape index (κ3) is 4.47. The van der Waals surface area contributed by atoms with Crippen LogP contribution in [0.25, 0.3) is 11.3 Å². The number of nitrogens with one attached hydrogen (secondary N) is 1. The number of amides is 1. The Morgan fingerprint density at radius 1 is 1.13 bits per heavy atom. The van der Waals surface area contributed by atoms with Crippen LogP contribution in [0.15, 0.2) is 58.3 Å². The number of benzene rings is 1. The van der Waals surface area contributed by atoms with Gasteiger partial charge in [0.05, 0.1) is 6.54 Å². The van der Waals surface area contributed by atoms with Gasteiger partial charge in [0.15, 0.2) is 0 Å². The zero-order chi connectivity index (χ0) is 16.1. The fourth-order valence-corrected chi connectivity index (χ4v) is 3.04. The van der Waals surface area contributed by atoms with Gasteiger partial charge in [0.25, 0.3) is 0 Å². The second kappa shape index (κ2) is 7.49. The lowest BCUT2D eigenvalue weighted by Crippen LogP contribution is -2.22. The second-order valence-corrected chi connectivity index (χ2v) is 6.60. The van der Waals surface area contributed by atoms with E-state index < -0.39 is 0 Å². The predicted octanol–water partition coefficient (Wildman–Crippen LogP) is 4.91. The maximum absolute atomic E-state index is 11.9. The van der Waals surface area contributed by atoms with Gasteiger partial charge in [0.2, 0.25) is 5.91 Å². The van der Waals surface area contributed by atoms with Crippen molar-refractivity contribution in [1.82, 2.24) is 5.32 Å². The molecule has 0 saturated carbocycles. The molecule has 0 aliphatic carbocycles. The summed E-state index contributed by atoms with van der Waals surface area (Å²) in [5, 5.41) is 5.60. The highest BCUT2D eigenvalue weighted by atomic mass is 35.5. The van der Waals surface area contributed by atoms with Crippen molar-refractivity contribution in [2.75, 3.05) is 0 Å². The number of aryl methyl sites for hydroxylation is 1. The summed E-state index contributed by atoms with van der Waals surface area (Å²) in [5.41, 5.74) is 0.963. The Bertz CT molecular complexity index is 763. The molecule has 0 unspecified atom stereocenters. The minimum absolute atomic E-state index is 0.0304. The van der Waals surface area contributed by atoms with E-state index in [9.17, 15) is 4.79 Å². The van der Waals surface area contributed by atoms with Crippen LogP contribution < -0.4 is 5.32 Å².